The second-order valence-corrected chi connectivity index (χ2v) is 14.0. The molecule has 0 bridgehead atoms. The van der Waals surface area contributed by atoms with Crippen LogP contribution in [0.4, 0.5) is 0 Å². The lowest BCUT2D eigenvalue weighted by Crippen LogP contribution is -2.57. The molecule has 4 rings (SSSR count). The molecule has 2 N–H and O–H groups in total. The summed E-state index contributed by atoms with van der Waals surface area (Å²) in [6.45, 7) is 13.4. The highest BCUT2D eigenvalue weighted by Crippen LogP contribution is 2.69. The van der Waals surface area contributed by atoms with E-state index in [1.54, 1.807) is 0 Å². The minimum atomic E-state index is -0.547. The van der Waals surface area contributed by atoms with Crippen LogP contribution in [0.1, 0.15) is 112 Å². The lowest BCUT2D eigenvalue weighted by molar-refractivity contribution is -0.169. The molecule has 1 unspecified atom stereocenters. The summed E-state index contributed by atoms with van der Waals surface area (Å²) in [5.74, 6) is 4.30. The van der Waals surface area contributed by atoms with Crippen molar-refractivity contribution in [2.24, 2.45) is 52.3 Å². The Morgan fingerprint density at radius 3 is 2.32 bits per heavy atom. The molecule has 4 nitrogen and oxygen atoms in total. The average molecular weight is 477 g/mol. The van der Waals surface area contributed by atoms with E-state index < -0.39 is 5.60 Å². The van der Waals surface area contributed by atoms with Crippen LogP contribution in [0.5, 0.6) is 0 Å². The lowest BCUT2D eigenvalue weighted by atomic mass is 9.43. The maximum absolute atomic E-state index is 11.5. The molecule has 4 saturated carbocycles. The van der Waals surface area contributed by atoms with Gasteiger partial charge in [0.25, 0.3) is 0 Å². The van der Waals surface area contributed by atoms with Crippen LogP contribution < -0.4 is 0 Å². The van der Waals surface area contributed by atoms with Gasteiger partial charge >= 0.3 is 5.97 Å². The van der Waals surface area contributed by atoms with Gasteiger partial charge in [-0.15, -0.1) is 0 Å². The molecule has 0 spiro atoms. The van der Waals surface area contributed by atoms with Crippen LogP contribution in [0.15, 0.2) is 0 Å². The molecule has 0 radical (unpaired) electrons. The van der Waals surface area contributed by atoms with Gasteiger partial charge in [0.1, 0.15) is 0 Å². The first kappa shape index (κ1) is 26.5. The fourth-order valence-corrected chi connectivity index (χ4v) is 9.97. The second kappa shape index (κ2) is 9.69. The lowest BCUT2D eigenvalue weighted by Gasteiger charge is -2.62. The number of fused-ring (bicyclic) bond motifs is 5. The van der Waals surface area contributed by atoms with Crippen molar-refractivity contribution in [3.63, 3.8) is 0 Å². The maximum atomic E-state index is 11.5. The van der Waals surface area contributed by atoms with Crippen molar-refractivity contribution in [2.45, 2.75) is 124 Å². The Hall–Kier alpha value is -0.610. The molecule has 0 heterocycles. The Morgan fingerprint density at radius 2 is 1.65 bits per heavy atom. The SMILES string of the molecule is CC(=O)OCC1[C@@H](O)CC[C@@]2(C)[C@H]1CC[C@@H]1[C@@H]2CC[C@]2(C)[C@@H]([C@H](C)CCCC(C)(C)O)CC[C@@H]12. The van der Waals surface area contributed by atoms with Crippen LogP contribution in [0.25, 0.3) is 0 Å². The number of ether oxygens (including phenoxy) is 1. The molecule has 4 aliphatic rings. The van der Waals surface area contributed by atoms with Gasteiger partial charge in [0.15, 0.2) is 0 Å². The topological polar surface area (TPSA) is 66.8 Å². The molecule has 4 heteroatoms. The first-order chi connectivity index (χ1) is 15.9. The van der Waals surface area contributed by atoms with Crippen molar-refractivity contribution >= 4 is 5.97 Å². The van der Waals surface area contributed by atoms with Crippen molar-refractivity contribution in [3.8, 4) is 0 Å². The molecule has 0 aromatic heterocycles. The Bertz CT molecular complexity index is 728. The first-order valence-corrected chi connectivity index (χ1v) is 14.4. The van der Waals surface area contributed by atoms with Gasteiger partial charge in [0, 0.05) is 12.8 Å². The highest BCUT2D eigenvalue weighted by Gasteiger charge is 2.62. The highest BCUT2D eigenvalue weighted by molar-refractivity contribution is 5.65. The summed E-state index contributed by atoms with van der Waals surface area (Å²) in [6.07, 6.45) is 12.8. The van der Waals surface area contributed by atoms with E-state index in [2.05, 4.69) is 20.8 Å². The molecule has 0 aromatic carbocycles. The summed E-state index contributed by atoms with van der Waals surface area (Å²) in [7, 11) is 0. The number of aliphatic hydroxyl groups is 2. The van der Waals surface area contributed by atoms with Crippen LogP contribution in [-0.4, -0.2) is 34.5 Å². The molecule has 0 amide bonds. The Labute approximate surface area is 208 Å². The molecule has 4 aliphatic carbocycles. The van der Waals surface area contributed by atoms with Gasteiger partial charge < -0.3 is 14.9 Å². The first-order valence-electron chi connectivity index (χ1n) is 14.4. The molecule has 0 aromatic rings. The monoisotopic (exact) mass is 476 g/mol. The Kier molecular flexibility index (Phi) is 7.54. The number of hydrogen-bond donors (Lipinski definition) is 2. The smallest absolute Gasteiger partial charge is 0.302 e. The number of carbonyl (C=O) groups excluding carboxylic acids is 1. The van der Waals surface area contributed by atoms with E-state index in [-0.39, 0.29) is 23.4 Å². The van der Waals surface area contributed by atoms with E-state index in [9.17, 15) is 15.0 Å². The van der Waals surface area contributed by atoms with Crippen LogP contribution >= 0.6 is 0 Å². The molecule has 196 valence electrons. The summed E-state index contributed by atoms with van der Waals surface area (Å²) in [5, 5.41) is 21.0. The van der Waals surface area contributed by atoms with E-state index in [0.29, 0.717) is 17.9 Å². The maximum Gasteiger partial charge on any atom is 0.302 e. The number of rotatable bonds is 7. The van der Waals surface area contributed by atoms with E-state index >= 15 is 0 Å². The van der Waals surface area contributed by atoms with E-state index in [4.69, 9.17) is 4.74 Å². The third-order valence-corrected chi connectivity index (χ3v) is 11.6. The molecule has 34 heavy (non-hydrogen) atoms. The van der Waals surface area contributed by atoms with Gasteiger partial charge in [-0.05, 0) is 118 Å². The third-order valence-electron chi connectivity index (χ3n) is 11.6. The summed E-state index contributed by atoms with van der Waals surface area (Å²) in [5.41, 5.74) is 0.184. The molecule has 4 fully saturated rings. The number of hydrogen-bond acceptors (Lipinski definition) is 4. The highest BCUT2D eigenvalue weighted by atomic mass is 16.5. The average Bonchev–Trinajstić information content (AvgIpc) is 3.09. The third kappa shape index (κ3) is 4.84. The quantitative estimate of drug-likeness (QED) is 0.419. The summed E-state index contributed by atoms with van der Waals surface area (Å²) in [6, 6.07) is 0. The van der Waals surface area contributed by atoms with E-state index in [0.717, 1.165) is 55.3 Å². The standard InChI is InChI=1S/C30H52O4/c1-19(8-7-15-28(3,4)33)23-11-12-24-21-9-10-25-22(18-34-20(2)31)27(32)14-17-30(25,6)26(21)13-16-29(23,24)5/h19,21-27,32-33H,7-18H2,1-6H3/t19-,21+,22?,23-,24+,25+,26+,27+,29-,30+/m1/s1. The summed E-state index contributed by atoms with van der Waals surface area (Å²) in [4.78, 5) is 11.5. The zero-order valence-corrected chi connectivity index (χ0v) is 22.8. The predicted octanol–water partition coefficient (Wildman–Crippen LogP) is 6.37. The number of carbonyl (C=O) groups is 1. The number of esters is 1. The zero-order valence-electron chi connectivity index (χ0n) is 22.8. The van der Waals surface area contributed by atoms with E-state index in [1.807, 2.05) is 13.8 Å². The molecule has 0 saturated heterocycles. The summed E-state index contributed by atoms with van der Waals surface area (Å²) >= 11 is 0. The van der Waals surface area contributed by atoms with Crippen molar-refractivity contribution < 1.29 is 19.7 Å². The molecule has 10 atom stereocenters. The number of aliphatic hydroxyl groups excluding tert-OH is 1. The second-order valence-electron chi connectivity index (χ2n) is 14.0. The molecule has 0 aliphatic heterocycles. The van der Waals surface area contributed by atoms with Gasteiger partial charge in [0.05, 0.1) is 18.3 Å². The fraction of sp³-hybridized carbons (Fsp3) is 0.967. The summed E-state index contributed by atoms with van der Waals surface area (Å²) < 4.78 is 5.45. The zero-order chi connectivity index (χ0) is 24.9. The normalized spacial score (nSPS) is 45.1. The predicted molar refractivity (Wildman–Crippen MR) is 136 cm³/mol. The van der Waals surface area contributed by atoms with Crippen molar-refractivity contribution in [1.29, 1.82) is 0 Å². The van der Waals surface area contributed by atoms with Crippen molar-refractivity contribution in [3.05, 3.63) is 0 Å². The largest absolute Gasteiger partial charge is 0.465 e. The van der Waals surface area contributed by atoms with Gasteiger partial charge in [-0.1, -0.05) is 33.6 Å². The minimum Gasteiger partial charge on any atom is -0.465 e. The molecular weight excluding hydrogens is 424 g/mol. The van der Waals surface area contributed by atoms with E-state index in [1.165, 1.54) is 51.9 Å². The van der Waals surface area contributed by atoms with Gasteiger partial charge in [-0.3, -0.25) is 4.79 Å². The van der Waals surface area contributed by atoms with Crippen molar-refractivity contribution in [1.82, 2.24) is 0 Å². The molecular formula is C30H52O4. The van der Waals surface area contributed by atoms with Crippen LogP contribution in [0.3, 0.4) is 0 Å². The van der Waals surface area contributed by atoms with Gasteiger partial charge in [-0.25, -0.2) is 0 Å². The van der Waals surface area contributed by atoms with Crippen LogP contribution in [0.2, 0.25) is 0 Å². The Morgan fingerprint density at radius 1 is 1.00 bits per heavy atom. The van der Waals surface area contributed by atoms with Crippen LogP contribution in [-0.2, 0) is 9.53 Å². The van der Waals surface area contributed by atoms with Crippen molar-refractivity contribution in [2.75, 3.05) is 6.61 Å². The van der Waals surface area contributed by atoms with Crippen LogP contribution in [0, 0.1) is 52.3 Å². The Balaban J connectivity index is 1.46. The fourth-order valence-electron chi connectivity index (χ4n) is 9.97. The van der Waals surface area contributed by atoms with Gasteiger partial charge in [-0.2, -0.15) is 0 Å². The van der Waals surface area contributed by atoms with Gasteiger partial charge in [0.2, 0.25) is 0 Å². The minimum absolute atomic E-state index is 0.101.